The normalized spacial score (nSPS) is 10.8. The Kier molecular flexibility index (Phi) is 5.03. The predicted octanol–water partition coefficient (Wildman–Crippen LogP) is 6.69. The van der Waals surface area contributed by atoms with Gasteiger partial charge in [0.15, 0.2) is 5.75 Å². The van der Waals surface area contributed by atoms with Crippen molar-refractivity contribution in [2.75, 3.05) is 0 Å². The van der Waals surface area contributed by atoms with Crippen molar-refractivity contribution in [2.45, 2.75) is 0 Å². The lowest BCUT2D eigenvalue weighted by Crippen LogP contribution is -2.02. The van der Waals surface area contributed by atoms with Gasteiger partial charge in [0.2, 0.25) is 0 Å². The predicted molar refractivity (Wildman–Crippen MR) is 108 cm³/mol. The Morgan fingerprint density at radius 3 is 2.37 bits per heavy atom. The number of ether oxygens (including phenoxy) is 1. The van der Waals surface area contributed by atoms with E-state index in [1.807, 2.05) is 48.5 Å². The first-order valence-corrected chi connectivity index (χ1v) is 9.15. The molecule has 0 aliphatic heterocycles. The van der Waals surface area contributed by atoms with Crippen LogP contribution in [0.5, 0.6) is 11.5 Å². The molecular weight excluding hydrogens is 405 g/mol. The third kappa shape index (κ3) is 3.65. The van der Waals surface area contributed by atoms with Crippen LogP contribution >= 0.6 is 34.8 Å². The SMILES string of the molecule is Clc1ccc(Oc2ccccc2-n2nncc2-c2ccccc2Cl)c(Cl)c1. The summed E-state index contributed by atoms with van der Waals surface area (Å²) in [6.07, 6.45) is 1.66. The van der Waals surface area contributed by atoms with Gasteiger partial charge in [0.05, 0.1) is 21.9 Å². The summed E-state index contributed by atoms with van der Waals surface area (Å²) in [5.41, 5.74) is 2.28. The van der Waals surface area contributed by atoms with Crippen LogP contribution in [0.25, 0.3) is 16.9 Å². The molecule has 27 heavy (non-hydrogen) atoms. The lowest BCUT2D eigenvalue weighted by atomic mass is 10.1. The molecule has 134 valence electrons. The Morgan fingerprint density at radius 1 is 0.778 bits per heavy atom. The molecule has 0 saturated heterocycles. The summed E-state index contributed by atoms with van der Waals surface area (Å²) in [4.78, 5) is 0. The van der Waals surface area contributed by atoms with Gasteiger partial charge in [0.25, 0.3) is 0 Å². The van der Waals surface area contributed by atoms with E-state index in [1.54, 1.807) is 29.1 Å². The van der Waals surface area contributed by atoms with Crippen molar-refractivity contribution in [3.05, 3.63) is 88.0 Å². The summed E-state index contributed by atoms with van der Waals surface area (Å²) in [7, 11) is 0. The zero-order valence-corrected chi connectivity index (χ0v) is 16.1. The number of para-hydroxylation sites is 2. The van der Waals surface area contributed by atoms with Gasteiger partial charge in [-0.2, -0.15) is 0 Å². The average Bonchev–Trinajstić information content (AvgIpc) is 3.14. The molecule has 0 bridgehead atoms. The summed E-state index contributed by atoms with van der Waals surface area (Å²) in [5.74, 6) is 1.06. The number of hydrogen-bond acceptors (Lipinski definition) is 3. The molecule has 0 unspecified atom stereocenters. The second-order valence-electron chi connectivity index (χ2n) is 5.66. The molecule has 0 atom stereocenters. The highest BCUT2D eigenvalue weighted by Crippen LogP contribution is 2.36. The molecule has 7 heteroatoms. The Bertz CT molecular complexity index is 1110. The van der Waals surface area contributed by atoms with Crippen LogP contribution in [-0.2, 0) is 0 Å². The molecule has 1 heterocycles. The van der Waals surface area contributed by atoms with E-state index < -0.39 is 0 Å². The lowest BCUT2D eigenvalue weighted by molar-refractivity contribution is 0.478. The van der Waals surface area contributed by atoms with Crippen LogP contribution in [0.3, 0.4) is 0 Å². The maximum absolute atomic E-state index is 6.35. The van der Waals surface area contributed by atoms with E-state index in [-0.39, 0.29) is 0 Å². The van der Waals surface area contributed by atoms with E-state index in [0.717, 1.165) is 11.3 Å². The molecule has 0 radical (unpaired) electrons. The fourth-order valence-electron chi connectivity index (χ4n) is 2.66. The summed E-state index contributed by atoms with van der Waals surface area (Å²) in [6.45, 7) is 0. The summed E-state index contributed by atoms with van der Waals surface area (Å²) < 4.78 is 7.71. The van der Waals surface area contributed by atoms with E-state index >= 15 is 0 Å². The molecule has 0 fully saturated rings. The standard InChI is InChI=1S/C20H12Cl3N3O/c21-13-9-10-19(16(23)11-13)27-20-8-4-3-7-17(20)26-18(12-24-25-26)14-5-1-2-6-15(14)22/h1-12H. The minimum atomic E-state index is 0.419. The molecule has 0 saturated carbocycles. The van der Waals surface area contributed by atoms with Gasteiger partial charge in [-0.25, -0.2) is 4.68 Å². The Hall–Kier alpha value is -2.53. The first-order valence-electron chi connectivity index (χ1n) is 8.01. The largest absolute Gasteiger partial charge is 0.454 e. The minimum absolute atomic E-state index is 0.419. The molecule has 1 aromatic heterocycles. The van der Waals surface area contributed by atoms with Crippen molar-refractivity contribution in [3.63, 3.8) is 0 Å². The second kappa shape index (κ2) is 7.61. The van der Waals surface area contributed by atoms with Gasteiger partial charge in [0.1, 0.15) is 11.4 Å². The van der Waals surface area contributed by atoms with Gasteiger partial charge in [-0.1, -0.05) is 70.3 Å². The first kappa shape index (κ1) is 17.9. The van der Waals surface area contributed by atoms with Gasteiger partial charge in [0, 0.05) is 10.6 Å². The van der Waals surface area contributed by atoms with Gasteiger partial charge in [-0.3, -0.25) is 0 Å². The van der Waals surface area contributed by atoms with Crippen LogP contribution in [0.2, 0.25) is 15.1 Å². The van der Waals surface area contributed by atoms with Crippen molar-refractivity contribution in [1.82, 2.24) is 15.0 Å². The highest BCUT2D eigenvalue weighted by Gasteiger charge is 2.16. The molecular formula is C20H12Cl3N3O. The smallest absolute Gasteiger partial charge is 0.153 e. The number of aromatic nitrogens is 3. The van der Waals surface area contributed by atoms with Crippen molar-refractivity contribution in [3.8, 4) is 28.4 Å². The van der Waals surface area contributed by atoms with Gasteiger partial charge < -0.3 is 4.74 Å². The van der Waals surface area contributed by atoms with Gasteiger partial charge >= 0.3 is 0 Å². The quantitative estimate of drug-likeness (QED) is 0.372. The molecule has 0 aliphatic rings. The Morgan fingerprint density at radius 2 is 1.56 bits per heavy atom. The number of hydrogen-bond donors (Lipinski definition) is 0. The third-order valence-corrected chi connectivity index (χ3v) is 4.77. The average molecular weight is 417 g/mol. The second-order valence-corrected chi connectivity index (χ2v) is 6.91. The van der Waals surface area contributed by atoms with Crippen LogP contribution in [0.1, 0.15) is 0 Å². The zero-order chi connectivity index (χ0) is 18.8. The van der Waals surface area contributed by atoms with Crippen LogP contribution < -0.4 is 4.74 Å². The highest BCUT2D eigenvalue weighted by molar-refractivity contribution is 6.35. The lowest BCUT2D eigenvalue weighted by Gasteiger charge is -2.14. The molecule has 0 N–H and O–H groups in total. The summed E-state index contributed by atoms with van der Waals surface area (Å²) in [5, 5.41) is 9.83. The molecule has 0 aliphatic carbocycles. The van der Waals surface area contributed by atoms with E-state index in [1.165, 1.54) is 0 Å². The molecule has 0 spiro atoms. The molecule has 4 rings (SSSR count). The number of halogens is 3. The third-order valence-electron chi connectivity index (χ3n) is 3.91. The maximum Gasteiger partial charge on any atom is 0.153 e. The minimum Gasteiger partial charge on any atom is -0.454 e. The monoisotopic (exact) mass is 415 g/mol. The number of rotatable bonds is 4. The summed E-state index contributed by atoms with van der Waals surface area (Å²) >= 11 is 18.6. The molecule has 3 aromatic carbocycles. The number of nitrogens with zero attached hydrogens (tertiary/aromatic N) is 3. The zero-order valence-electron chi connectivity index (χ0n) is 13.8. The number of benzene rings is 3. The first-order chi connectivity index (χ1) is 13.1. The molecule has 4 nitrogen and oxygen atoms in total. The van der Waals surface area contributed by atoms with Gasteiger partial charge in [-0.15, -0.1) is 5.10 Å². The van der Waals surface area contributed by atoms with Crippen LogP contribution in [0, 0.1) is 0 Å². The molecule has 0 amide bonds. The van der Waals surface area contributed by atoms with Crippen molar-refractivity contribution in [2.24, 2.45) is 0 Å². The van der Waals surface area contributed by atoms with Crippen LogP contribution in [0.15, 0.2) is 72.9 Å². The Labute approximate surface area is 170 Å². The Balaban J connectivity index is 1.79. The topological polar surface area (TPSA) is 39.9 Å². The van der Waals surface area contributed by atoms with Crippen LogP contribution in [0.4, 0.5) is 0 Å². The van der Waals surface area contributed by atoms with E-state index in [0.29, 0.717) is 32.3 Å². The van der Waals surface area contributed by atoms with E-state index in [4.69, 9.17) is 39.5 Å². The van der Waals surface area contributed by atoms with Crippen LogP contribution in [-0.4, -0.2) is 15.0 Å². The van der Waals surface area contributed by atoms with Crippen molar-refractivity contribution >= 4 is 34.8 Å². The van der Waals surface area contributed by atoms with Crippen molar-refractivity contribution in [1.29, 1.82) is 0 Å². The molecule has 4 aromatic rings. The highest BCUT2D eigenvalue weighted by atomic mass is 35.5. The maximum atomic E-state index is 6.35. The fraction of sp³-hybridized carbons (Fsp3) is 0. The van der Waals surface area contributed by atoms with Crippen molar-refractivity contribution < 1.29 is 4.74 Å². The van der Waals surface area contributed by atoms with Gasteiger partial charge in [-0.05, 0) is 36.4 Å². The van der Waals surface area contributed by atoms with E-state index in [2.05, 4.69) is 10.3 Å². The summed E-state index contributed by atoms with van der Waals surface area (Å²) in [6, 6.07) is 20.1. The van der Waals surface area contributed by atoms with E-state index in [9.17, 15) is 0 Å². The fourth-order valence-corrected chi connectivity index (χ4v) is 3.34.